The molecule has 3 aromatic rings. The summed E-state index contributed by atoms with van der Waals surface area (Å²) in [5.41, 5.74) is 3.32. The average molecular weight is 465 g/mol. The lowest BCUT2D eigenvalue weighted by atomic mass is 9.87. The number of benzene rings is 1. The number of esters is 1. The highest BCUT2D eigenvalue weighted by atomic mass is 16.5. The third-order valence-corrected chi connectivity index (χ3v) is 6.08. The van der Waals surface area contributed by atoms with Crippen LogP contribution in [0.1, 0.15) is 71.0 Å². The first kappa shape index (κ1) is 23.7. The Morgan fingerprint density at radius 1 is 1.12 bits per heavy atom. The smallest absolute Gasteiger partial charge is 0.302 e. The summed E-state index contributed by atoms with van der Waals surface area (Å²) in [7, 11) is 0. The first-order valence-electron chi connectivity index (χ1n) is 12.0. The van der Waals surface area contributed by atoms with Crippen LogP contribution < -0.4 is 10.6 Å². The van der Waals surface area contributed by atoms with E-state index in [1.54, 1.807) is 0 Å². The second kappa shape index (κ2) is 10.6. The Morgan fingerprint density at radius 3 is 2.50 bits per heavy atom. The van der Waals surface area contributed by atoms with Crippen molar-refractivity contribution >= 4 is 29.0 Å². The summed E-state index contributed by atoms with van der Waals surface area (Å²) >= 11 is 0. The lowest BCUT2D eigenvalue weighted by Gasteiger charge is -2.27. The number of fused-ring (bicyclic) bond motifs is 1. The molecule has 2 N–H and O–H groups in total. The van der Waals surface area contributed by atoms with Crippen molar-refractivity contribution in [1.82, 2.24) is 19.6 Å². The maximum Gasteiger partial charge on any atom is 0.302 e. The molecule has 0 radical (unpaired) electrons. The molecular formula is C25H32N6O3. The molecular weight excluding hydrogens is 432 g/mol. The van der Waals surface area contributed by atoms with Crippen molar-refractivity contribution in [2.75, 3.05) is 17.2 Å². The largest absolute Gasteiger partial charge is 0.463 e. The Morgan fingerprint density at radius 2 is 1.85 bits per heavy atom. The lowest BCUT2D eigenvalue weighted by molar-refractivity contribution is -0.147. The van der Waals surface area contributed by atoms with Crippen molar-refractivity contribution in [1.29, 1.82) is 0 Å². The van der Waals surface area contributed by atoms with Gasteiger partial charge in [0.1, 0.15) is 17.4 Å². The number of hydrogen-bond acceptors (Lipinski definition) is 7. The van der Waals surface area contributed by atoms with Crippen LogP contribution in [0.15, 0.2) is 30.5 Å². The first-order valence-corrected chi connectivity index (χ1v) is 12.0. The van der Waals surface area contributed by atoms with E-state index in [9.17, 15) is 9.59 Å². The van der Waals surface area contributed by atoms with Crippen LogP contribution in [0.2, 0.25) is 0 Å². The van der Waals surface area contributed by atoms with Gasteiger partial charge in [0.15, 0.2) is 0 Å². The van der Waals surface area contributed by atoms with Crippen molar-refractivity contribution in [3.05, 3.63) is 36.3 Å². The second-order valence-electron chi connectivity index (χ2n) is 8.82. The Balaban J connectivity index is 1.66. The molecule has 2 aromatic heterocycles. The van der Waals surface area contributed by atoms with Crippen molar-refractivity contribution in [3.63, 3.8) is 0 Å². The van der Waals surface area contributed by atoms with Gasteiger partial charge in [-0.15, -0.1) is 5.10 Å². The number of aromatic nitrogens is 4. The molecule has 1 fully saturated rings. The predicted molar refractivity (Wildman–Crippen MR) is 131 cm³/mol. The highest BCUT2D eigenvalue weighted by Gasteiger charge is 2.29. The van der Waals surface area contributed by atoms with E-state index in [4.69, 9.17) is 14.8 Å². The Labute approximate surface area is 199 Å². The van der Waals surface area contributed by atoms with E-state index >= 15 is 0 Å². The number of carbonyl (C=O) groups is 2. The average Bonchev–Trinajstić information content (AvgIpc) is 3.18. The van der Waals surface area contributed by atoms with Crippen LogP contribution >= 0.6 is 0 Å². The van der Waals surface area contributed by atoms with E-state index in [1.807, 2.05) is 35.0 Å². The fourth-order valence-electron chi connectivity index (χ4n) is 4.43. The minimum absolute atomic E-state index is 0.0262. The molecule has 9 nitrogen and oxygen atoms in total. The molecule has 1 saturated carbocycles. The standard InChI is InChI=1S/C25H32N6O3/c1-4-5-14-26-25-27-15-22-23(18-6-10-20(11-7-18)28-16(2)32)29-24(31(22)30-25)19-8-12-21(13-9-19)34-17(3)33/h6-7,10-11,15,19,21H,4-5,8-9,12-14H2,1-3H3,(H,26,30)(H,28,32). The number of hydrogen-bond donors (Lipinski definition) is 2. The predicted octanol–water partition coefficient (Wildman–Crippen LogP) is 4.55. The zero-order chi connectivity index (χ0) is 24.1. The SMILES string of the molecule is CCCCNc1ncc2c(-c3ccc(NC(C)=O)cc3)nc(C3CCC(OC(C)=O)CC3)n2n1. The van der Waals surface area contributed by atoms with Gasteiger partial charge in [-0.3, -0.25) is 9.59 Å². The van der Waals surface area contributed by atoms with Gasteiger partial charge in [0, 0.05) is 37.6 Å². The fourth-order valence-corrected chi connectivity index (χ4v) is 4.43. The third-order valence-electron chi connectivity index (χ3n) is 6.08. The number of imidazole rings is 1. The molecule has 4 rings (SSSR count). The minimum atomic E-state index is -0.227. The first-order chi connectivity index (χ1) is 16.4. The second-order valence-corrected chi connectivity index (χ2v) is 8.82. The normalized spacial score (nSPS) is 18.0. The van der Waals surface area contributed by atoms with E-state index in [0.717, 1.165) is 73.4 Å². The van der Waals surface area contributed by atoms with Crippen LogP contribution in [0.25, 0.3) is 16.8 Å². The van der Waals surface area contributed by atoms with Crippen molar-refractivity contribution in [2.24, 2.45) is 0 Å². The van der Waals surface area contributed by atoms with Crippen molar-refractivity contribution in [3.8, 4) is 11.3 Å². The van der Waals surface area contributed by atoms with Crippen molar-refractivity contribution < 1.29 is 14.3 Å². The highest BCUT2D eigenvalue weighted by Crippen LogP contribution is 2.36. The third kappa shape index (κ3) is 5.52. The summed E-state index contributed by atoms with van der Waals surface area (Å²) in [6.45, 7) is 5.91. The number of nitrogens with zero attached hydrogens (tertiary/aromatic N) is 4. The highest BCUT2D eigenvalue weighted by molar-refractivity contribution is 5.89. The molecule has 2 heterocycles. The van der Waals surface area contributed by atoms with Gasteiger partial charge in [-0.1, -0.05) is 25.5 Å². The number of carbonyl (C=O) groups excluding carboxylic acids is 2. The van der Waals surface area contributed by atoms with Crippen LogP contribution in [0.5, 0.6) is 0 Å². The van der Waals surface area contributed by atoms with Crippen LogP contribution in [0.3, 0.4) is 0 Å². The number of anilines is 2. The van der Waals surface area contributed by atoms with Gasteiger partial charge in [-0.2, -0.15) is 0 Å². The maximum absolute atomic E-state index is 11.4. The van der Waals surface area contributed by atoms with E-state index in [0.29, 0.717) is 5.95 Å². The molecule has 1 aromatic carbocycles. The minimum Gasteiger partial charge on any atom is -0.463 e. The molecule has 0 saturated heterocycles. The maximum atomic E-state index is 11.4. The number of nitrogens with one attached hydrogen (secondary N) is 2. The Kier molecular flexibility index (Phi) is 7.40. The molecule has 180 valence electrons. The number of ether oxygens (including phenoxy) is 1. The van der Waals surface area contributed by atoms with Crippen LogP contribution in [0, 0.1) is 0 Å². The molecule has 9 heteroatoms. The number of rotatable bonds is 8. The van der Waals surface area contributed by atoms with Gasteiger partial charge in [0.05, 0.1) is 11.9 Å². The lowest BCUT2D eigenvalue weighted by Crippen LogP contribution is -2.23. The summed E-state index contributed by atoms with van der Waals surface area (Å²) in [6, 6.07) is 7.63. The van der Waals surface area contributed by atoms with Gasteiger partial charge in [-0.25, -0.2) is 14.5 Å². The molecule has 0 bridgehead atoms. The van der Waals surface area contributed by atoms with Crippen LogP contribution in [-0.2, 0) is 14.3 Å². The number of unbranched alkanes of at least 4 members (excludes halogenated alkanes) is 1. The van der Waals surface area contributed by atoms with Crippen LogP contribution in [-0.4, -0.2) is 44.1 Å². The summed E-state index contributed by atoms with van der Waals surface area (Å²) < 4.78 is 7.33. The van der Waals surface area contributed by atoms with E-state index in [1.165, 1.54) is 13.8 Å². The molecule has 1 amide bonds. The summed E-state index contributed by atoms with van der Waals surface area (Å²) in [6.07, 6.45) is 7.31. The molecule has 0 aliphatic heterocycles. The molecule has 1 aliphatic carbocycles. The van der Waals surface area contributed by atoms with Crippen molar-refractivity contribution in [2.45, 2.75) is 71.3 Å². The molecule has 0 atom stereocenters. The quantitative estimate of drug-likeness (QED) is 0.372. The van der Waals surface area contributed by atoms with E-state index in [-0.39, 0.29) is 23.9 Å². The van der Waals surface area contributed by atoms with E-state index < -0.39 is 0 Å². The fraction of sp³-hybridized carbons (Fsp3) is 0.480. The van der Waals surface area contributed by atoms with Gasteiger partial charge >= 0.3 is 5.97 Å². The van der Waals surface area contributed by atoms with Gasteiger partial charge in [0.25, 0.3) is 0 Å². The van der Waals surface area contributed by atoms with Gasteiger partial charge < -0.3 is 15.4 Å². The molecule has 1 aliphatic rings. The molecule has 34 heavy (non-hydrogen) atoms. The Hall–Kier alpha value is -3.49. The molecule has 0 spiro atoms. The van der Waals surface area contributed by atoms with E-state index in [2.05, 4.69) is 22.5 Å². The van der Waals surface area contributed by atoms with Crippen LogP contribution in [0.4, 0.5) is 11.6 Å². The zero-order valence-electron chi connectivity index (χ0n) is 20.0. The zero-order valence-corrected chi connectivity index (χ0v) is 20.0. The summed E-state index contributed by atoms with van der Waals surface area (Å²) in [5, 5.41) is 10.9. The number of amides is 1. The summed E-state index contributed by atoms with van der Waals surface area (Å²) in [5.74, 6) is 1.36. The topological polar surface area (TPSA) is 111 Å². The Bertz CT molecular complexity index is 1150. The molecule has 0 unspecified atom stereocenters. The summed E-state index contributed by atoms with van der Waals surface area (Å²) in [4.78, 5) is 32.3. The van der Waals surface area contributed by atoms with Gasteiger partial charge in [0.2, 0.25) is 11.9 Å². The van der Waals surface area contributed by atoms with Gasteiger partial charge in [-0.05, 0) is 44.2 Å². The monoisotopic (exact) mass is 464 g/mol.